The fourth-order valence-corrected chi connectivity index (χ4v) is 6.87. The number of halogens is 1. The second kappa shape index (κ2) is 15.3. The minimum Gasteiger partial charge on any atom is -0.438 e. The van der Waals surface area contributed by atoms with Crippen LogP contribution >= 0.6 is 0 Å². The molecule has 2 aromatic heterocycles. The Balaban J connectivity index is 1.04. The quantitative estimate of drug-likeness (QED) is 0.207. The number of carbonyl (C=O) groups is 2. The Bertz CT molecular complexity index is 1740. The molecule has 3 heterocycles. The summed E-state index contributed by atoms with van der Waals surface area (Å²) in [6, 6.07) is 20.0. The molecular formula is C38H46FN7O3. The maximum atomic E-state index is 14.3. The van der Waals surface area contributed by atoms with Gasteiger partial charge in [0, 0.05) is 56.5 Å². The van der Waals surface area contributed by atoms with Gasteiger partial charge >= 0.3 is 0 Å². The third-order valence-electron chi connectivity index (χ3n) is 9.49. The molecule has 1 aliphatic carbocycles. The van der Waals surface area contributed by atoms with E-state index < -0.39 is 11.7 Å². The molecule has 2 fully saturated rings. The Morgan fingerprint density at radius 3 is 2.24 bits per heavy atom. The van der Waals surface area contributed by atoms with Gasteiger partial charge in [0.25, 0.3) is 11.8 Å². The van der Waals surface area contributed by atoms with Gasteiger partial charge in [0.05, 0.1) is 6.20 Å². The highest BCUT2D eigenvalue weighted by atomic mass is 19.1. The van der Waals surface area contributed by atoms with Gasteiger partial charge in [-0.05, 0) is 93.8 Å². The van der Waals surface area contributed by atoms with Gasteiger partial charge in [0.15, 0.2) is 0 Å². The molecule has 10 nitrogen and oxygen atoms in total. The van der Waals surface area contributed by atoms with Crippen LogP contribution in [0.4, 0.5) is 4.39 Å². The molecule has 4 aromatic rings. The first-order valence-electron chi connectivity index (χ1n) is 17.2. The number of aryl methyl sites for hydroxylation is 2. The van der Waals surface area contributed by atoms with Gasteiger partial charge in [-0.1, -0.05) is 36.4 Å². The van der Waals surface area contributed by atoms with Crippen LogP contribution in [0.25, 0.3) is 11.1 Å². The Hall–Kier alpha value is -4.61. The molecule has 6 rings (SSSR count). The van der Waals surface area contributed by atoms with Crippen molar-refractivity contribution in [1.29, 1.82) is 0 Å². The predicted octanol–water partition coefficient (Wildman–Crippen LogP) is 5.42. The van der Waals surface area contributed by atoms with Crippen LogP contribution in [0.5, 0.6) is 11.6 Å². The topological polar surface area (TPSA) is 113 Å². The number of aromatic nitrogens is 3. The van der Waals surface area contributed by atoms with E-state index >= 15 is 0 Å². The van der Waals surface area contributed by atoms with Crippen molar-refractivity contribution in [3.8, 4) is 22.8 Å². The van der Waals surface area contributed by atoms with Crippen LogP contribution in [0.1, 0.15) is 71.6 Å². The minimum atomic E-state index is -0.622. The first kappa shape index (κ1) is 34.3. The Kier molecular flexibility index (Phi) is 10.7. The van der Waals surface area contributed by atoms with E-state index in [1.165, 1.54) is 5.56 Å². The molecule has 0 unspecified atom stereocenters. The molecule has 0 radical (unpaired) electrons. The van der Waals surface area contributed by atoms with Gasteiger partial charge in [-0.3, -0.25) is 19.2 Å². The summed E-state index contributed by atoms with van der Waals surface area (Å²) in [7, 11) is 1.80. The van der Waals surface area contributed by atoms with Crippen molar-refractivity contribution >= 4 is 11.8 Å². The van der Waals surface area contributed by atoms with Gasteiger partial charge < -0.3 is 20.7 Å². The molecule has 1 saturated heterocycles. The fourth-order valence-electron chi connectivity index (χ4n) is 6.87. The van der Waals surface area contributed by atoms with Crippen LogP contribution in [0.2, 0.25) is 0 Å². The molecule has 2 aliphatic rings. The number of pyridine rings is 1. The summed E-state index contributed by atoms with van der Waals surface area (Å²) in [4.78, 5) is 32.7. The maximum absolute atomic E-state index is 14.3. The fraction of sp³-hybridized carbons (Fsp3) is 0.421. The van der Waals surface area contributed by atoms with E-state index in [4.69, 9.17) is 4.74 Å². The molecule has 2 atom stereocenters. The molecule has 2 amide bonds. The van der Waals surface area contributed by atoms with Crippen molar-refractivity contribution in [2.24, 2.45) is 7.05 Å². The van der Waals surface area contributed by atoms with Crippen LogP contribution in [0.3, 0.4) is 0 Å². The second-order valence-electron chi connectivity index (χ2n) is 13.6. The Labute approximate surface area is 287 Å². The summed E-state index contributed by atoms with van der Waals surface area (Å²) < 4.78 is 22.1. The van der Waals surface area contributed by atoms with Crippen molar-refractivity contribution in [3.63, 3.8) is 0 Å². The zero-order chi connectivity index (χ0) is 34.5. The molecule has 3 N–H and O–H groups in total. The summed E-state index contributed by atoms with van der Waals surface area (Å²) in [5, 5.41) is 13.9. The zero-order valence-corrected chi connectivity index (χ0v) is 28.7. The molecule has 1 saturated carbocycles. The smallest absolute Gasteiger partial charge is 0.272 e. The predicted molar refractivity (Wildman–Crippen MR) is 187 cm³/mol. The SMILES string of the molecule is Cc1cc(C(=O)N[C@H]2CC[C@@H](NC(=O)c3cc(F)cnc3Oc3cccc(-c4ccc(CCN5C[C@@H](C)N[C@@H](C)C5)cc4)c3)CC2)nn1C. The molecule has 0 spiro atoms. The molecule has 258 valence electrons. The third-order valence-corrected chi connectivity index (χ3v) is 9.49. The average Bonchev–Trinajstić information content (AvgIpc) is 3.43. The van der Waals surface area contributed by atoms with Crippen LogP contribution in [0, 0.1) is 12.7 Å². The molecule has 49 heavy (non-hydrogen) atoms. The number of nitrogens with zero attached hydrogens (tertiary/aromatic N) is 4. The number of rotatable bonds is 10. The average molecular weight is 668 g/mol. The zero-order valence-electron chi connectivity index (χ0n) is 28.7. The second-order valence-corrected chi connectivity index (χ2v) is 13.6. The normalized spacial score (nSPS) is 21.2. The number of piperazine rings is 1. The molecular weight excluding hydrogens is 621 g/mol. The number of hydrogen-bond donors (Lipinski definition) is 3. The third kappa shape index (κ3) is 8.90. The number of carbonyl (C=O) groups excluding carboxylic acids is 2. The Morgan fingerprint density at radius 1 is 0.918 bits per heavy atom. The van der Waals surface area contributed by atoms with Gasteiger partial charge in [-0.2, -0.15) is 5.10 Å². The van der Waals surface area contributed by atoms with Crippen LogP contribution < -0.4 is 20.7 Å². The van der Waals surface area contributed by atoms with Crippen molar-refractivity contribution in [1.82, 2.24) is 35.6 Å². The summed E-state index contributed by atoms with van der Waals surface area (Å²) >= 11 is 0. The van der Waals surface area contributed by atoms with Gasteiger partial charge in [-0.25, -0.2) is 9.37 Å². The number of ether oxygens (including phenoxy) is 1. The van der Waals surface area contributed by atoms with Crippen LogP contribution in [-0.2, 0) is 13.5 Å². The van der Waals surface area contributed by atoms with E-state index in [1.54, 1.807) is 23.9 Å². The van der Waals surface area contributed by atoms with Crippen molar-refractivity contribution < 1.29 is 18.7 Å². The Morgan fingerprint density at radius 2 is 1.59 bits per heavy atom. The first-order chi connectivity index (χ1) is 23.6. The van der Waals surface area contributed by atoms with Gasteiger partial charge in [-0.15, -0.1) is 0 Å². The number of amides is 2. The lowest BCUT2D eigenvalue weighted by molar-refractivity contribution is 0.0887. The number of hydrogen-bond acceptors (Lipinski definition) is 7. The molecule has 1 aliphatic heterocycles. The molecule has 2 aromatic carbocycles. The largest absolute Gasteiger partial charge is 0.438 e. The van der Waals surface area contributed by atoms with E-state index in [0.29, 0.717) is 49.2 Å². The van der Waals surface area contributed by atoms with Gasteiger partial charge in [0.1, 0.15) is 22.8 Å². The van der Waals surface area contributed by atoms with Crippen LogP contribution in [0.15, 0.2) is 66.9 Å². The van der Waals surface area contributed by atoms with E-state index in [9.17, 15) is 14.0 Å². The summed E-state index contributed by atoms with van der Waals surface area (Å²) in [5.74, 6) is -0.736. The monoisotopic (exact) mass is 667 g/mol. The van der Waals surface area contributed by atoms with E-state index in [2.05, 4.69) is 69.0 Å². The van der Waals surface area contributed by atoms with E-state index in [0.717, 1.165) is 55.1 Å². The lowest BCUT2D eigenvalue weighted by Crippen LogP contribution is -2.54. The van der Waals surface area contributed by atoms with Gasteiger partial charge in [0.2, 0.25) is 5.88 Å². The van der Waals surface area contributed by atoms with Crippen molar-refractivity contribution in [3.05, 3.63) is 95.2 Å². The summed E-state index contributed by atoms with van der Waals surface area (Å²) in [6.07, 6.45) is 4.80. The number of benzene rings is 2. The molecule has 0 bridgehead atoms. The lowest BCUT2D eigenvalue weighted by atomic mass is 9.91. The van der Waals surface area contributed by atoms with Crippen LogP contribution in [-0.4, -0.2) is 75.3 Å². The molecule has 11 heteroatoms. The van der Waals surface area contributed by atoms with E-state index in [-0.39, 0.29) is 29.4 Å². The lowest BCUT2D eigenvalue weighted by Gasteiger charge is -2.36. The van der Waals surface area contributed by atoms with E-state index in [1.807, 2.05) is 25.1 Å². The minimum absolute atomic E-state index is 0.00802. The van der Waals surface area contributed by atoms with Crippen molar-refractivity contribution in [2.45, 2.75) is 77.0 Å². The highest BCUT2D eigenvalue weighted by Crippen LogP contribution is 2.29. The van der Waals surface area contributed by atoms with Crippen molar-refractivity contribution in [2.75, 3.05) is 19.6 Å². The maximum Gasteiger partial charge on any atom is 0.272 e. The highest BCUT2D eigenvalue weighted by Gasteiger charge is 2.27. The standard InChI is InChI=1S/C38H46FN7O3/c1-24-22-46(23-25(2)41-24)17-16-27-8-10-28(11-9-27)29-6-5-7-33(19-29)49-38-34(20-30(39)21-40-38)36(47)42-31-12-14-32(15-13-31)43-37(48)35-18-26(3)45(4)44-35/h5-11,18-21,24-25,31-32,41H,12-17,22-23H2,1-4H3,(H,42,47)(H,43,48)/t24-,25+,31-,32+. The number of nitrogens with one attached hydrogen (secondary N) is 3. The summed E-state index contributed by atoms with van der Waals surface area (Å²) in [5.41, 5.74) is 4.63. The highest BCUT2D eigenvalue weighted by molar-refractivity contribution is 5.96. The summed E-state index contributed by atoms with van der Waals surface area (Å²) in [6.45, 7) is 9.54. The first-order valence-corrected chi connectivity index (χ1v) is 17.2.